The summed E-state index contributed by atoms with van der Waals surface area (Å²) >= 11 is 0. The van der Waals surface area contributed by atoms with E-state index in [4.69, 9.17) is 0 Å². The summed E-state index contributed by atoms with van der Waals surface area (Å²) in [6.07, 6.45) is 4.22. The summed E-state index contributed by atoms with van der Waals surface area (Å²) in [6.45, 7) is 4.63. The second kappa shape index (κ2) is 6.74. The quantitative estimate of drug-likeness (QED) is 0.843. The van der Waals surface area contributed by atoms with E-state index in [-0.39, 0.29) is 24.1 Å². The van der Waals surface area contributed by atoms with Crippen molar-refractivity contribution < 1.29 is 14.4 Å². The van der Waals surface area contributed by atoms with Crippen LogP contribution in [-0.4, -0.2) is 41.8 Å². The van der Waals surface area contributed by atoms with Crippen molar-refractivity contribution in [2.75, 3.05) is 18.0 Å². The number of anilines is 1. The number of imide groups is 1. The van der Waals surface area contributed by atoms with E-state index in [0.717, 1.165) is 48.7 Å². The second-order valence-electron chi connectivity index (χ2n) is 7.55. The van der Waals surface area contributed by atoms with Crippen LogP contribution < -0.4 is 10.2 Å². The van der Waals surface area contributed by atoms with Gasteiger partial charge in [-0.05, 0) is 36.8 Å². The Morgan fingerprint density at radius 1 is 1.12 bits per heavy atom. The Kier molecular flexibility index (Phi) is 4.42. The molecule has 6 heteroatoms. The molecule has 0 aromatic heterocycles. The maximum Gasteiger partial charge on any atom is 0.257 e. The van der Waals surface area contributed by atoms with Gasteiger partial charge in [-0.15, -0.1) is 0 Å². The molecule has 3 heterocycles. The molecule has 1 unspecified atom stereocenters. The largest absolute Gasteiger partial charge is 0.371 e. The summed E-state index contributed by atoms with van der Waals surface area (Å²) in [4.78, 5) is 40.7. The summed E-state index contributed by atoms with van der Waals surface area (Å²) in [6, 6.07) is 5.45. The van der Waals surface area contributed by atoms with Crippen LogP contribution in [0.25, 0.3) is 0 Å². The van der Waals surface area contributed by atoms with E-state index in [0.29, 0.717) is 13.0 Å². The van der Waals surface area contributed by atoms with Crippen LogP contribution in [0.2, 0.25) is 0 Å². The molecule has 0 aliphatic carbocycles. The Morgan fingerprint density at radius 3 is 2.58 bits per heavy atom. The highest BCUT2D eigenvalue weighted by molar-refractivity contribution is 6.07. The third-order valence-electron chi connectivity index (χ3n) is 6.06. The number of nitrogens with zero attached hydrogens (tertiary/aromatic N) is 2. The molecule has 2 saturated heterocycles. The van der Waals surface area contributed by atoms with Gasteiger partial charge < -0.3 is 9.80 Å². The predicted molar refractivity (Wildman–Crippen MR) is 97.7 cm³/mol. The standard InChI is InChI=1S/C20H25N3O3/c1-2-13-8-10-22(11-9-13)15-5-3-4-14-12-23(20(26)18(14)15)16-6-7-17(24)21-19(16)25/h3-5,13,16H,2,6-12H2,1H3,(H,21,24,25). The fraction of sp³-hybridized carbons (Fsp3) is 0.550. The van der Waals surface area contributed by atoms with E-state index < -0.39 is 6.04 Å². The Bertz CT molecular complexity index is 753. The van der Waals surface area contributed by atoms with E-state index >= 15 is 0 Å². The molecule has 0 radical (unpaired) electrons. The first kappa shape index (κ1) is 17.1. The molecule has 2 fully saturated rings. The first-order valence-corrected chi connectivity index (χ1v) is 9.60. The smallest absolute Gasteiger partial charge is 0.257 e. The molecule has 3 aliphatic heterocycles. The average molecular weight is 355 g/mol. The molecule has 6 nitrogen and oxygen atoms in total. The lowest BCUT2D eigenvalue weighted by Crippen LogP contribution is -2.52. The summed E-state index contributed by atoms with van der Waals surface area (Å²) in [7, 11) is 0. The molecule has 0 bridgehead atoms. The van der Waals surface area contributed by atoms with Crippen molar-refractivity contribution >= 4 is 23.4 Å². The van der Waals surface area contributed by atoms with Gasteiger partial charge in [0, 0.05) is 31.7 Å². The number of benzene rings is 1. The lowest BCUT2D eigenvalue weighted by molar-refractivity contribution is -0.136. The summed E-state index contributed by atoms with van der Waals surface area (Å²) in [5.41, 5.74) is 2.72. The van der Waals surface area contributed by atoms with Gasteiger partial charge in [-0.3, -0.25) is 19.7 Å². The van der Waals surface area contributed by atoms with Crippen molar-refractivity contribution in [3.63, 3.8) is 0 Å². The zero-order chi connectivity index (χ0) is 18.3. The molecule has 3 amide bonds. The van der Waals surface area contributed by atoms with E-state index in [1.165, 1.54) is 6.42 Å². The van der Waals surface area contributed by atoms with Gasteiger partial charge >= 0.3 is 0 Å². The van der Waals surface area contributed by atoms with E-state index in [2.05, 4.69) is 17.1 Å². The number of carbonyl (C=O) groups is 3. The average Bonchev–Trinajstić information content (AvgIpc) is 2.99. The first-order valence-electron chi connectivity index (χ1n) is 9.60. The highest BCUT2D eigenvalue weighted by Gasteiger charge is 2.40. The number of fused-ring (bicyclic) bond motifs is 1. The van der Waals surface area contributed by atoms with Crippen molar-refractivity contribution in [2.24, 2.45) is 5.92 Å². The predicted octanol–water partition coefficient (Wildman–Crippen LogP) is 2.07. The van der Waals surface area contributed by atoms with Crippen molar-refractivity contribution in [1.82, 2.24) is 10.2 Å². The van der Waals surface area contributed by atoms with Crippen molar-refractivity contribution in [3.05, 3.63) is 29.3 Å². The van der Waals surface area contributed by atoms with Crippen molar-refractivity contribution in [2.45, 2.75) is 51.6 Å². The Morgan fingerprint density at radius 2 is 1.88 bits per heavy atom. The van der Waals surface area contributed by atoms with Crippen LogP contribution in [0.15, 0.2) is 18.2 Å². The van der Waals surface area contributed by atoms with Crippen LogP contribution in [0, 0.1) is 5.92 Å². The highest BCUT2D eigenvalue weighted by Crippen LogP contribution is 2.35. The molecule has 26 heavy (non-hydrogen) atoms. The molecule has 1 aromatic rings. The molecule has 4 rings (SSSR count). The fourth-order valence-electron chi connectivity index (χ4n) is 4.44. The third kappa shape index (κ3) is 2.87. The van der Waals surface area contributed by atoms with Crippen LogP contribution >= 0.6 is 0 Å². The van der Waals surface area contributed by atoms with Crippen LogP contribution in [0.5, 0.6) is 0 Å². The molecule has 138 valence electrons. The van der Waals surface area contributed by atoms with Crippen LogP contribution in [-0.2, 0) is 16.1 Å². The third-order valence-corrected chi connectivity index (χ3v) is 6.06. The number of nitrogens with one attached hydrogen (secondary N) is 1. The highest BCUT2D eigenvalue weighted by atomic mass is 16.2. The van der Waals surface area contributed by atoms with Gasteiger partial charge in [0.2, 0.25) is 11.8 Å². The Hall–Kier alpha value is -2.37. The zero-order valence-electron chi connectivity index (χ0n) is 15.2. The van der Waals surface area contributed by atoms with Crippen molar-refractivity contribution in [3.8, 4) is 0 Å². The number of hydrogen-bond donors (Lipinski definition) is 1. The first-order chi connectivity index (χ1) is 12.6. The van der Waals surface area contributed by atoms with Gasteiger partial charge in [0.05, 0.1) is 5.56 Å². The van der Waals surface area contributed by atoms with E-state index in [1.807, 2.05) is 18.2 Å². The SMILES string of the molecule is CCC1CCN(c2cccc3c2C(=O)N(C2CCC(=O)NC2=O)C3)CC1. The topological polar surface area (TPSA) is 69.7 Å². The zero-order valence-corrected chi connectivity index (χ0v) is 15.2. The molecular formula is C20H25N3O3. The van der Waals surface area contributed by atoms with E-state index in [1.54, 1.807) is 4.90 Å². The number of hydrogen-bond acceptors (Lipinski definition) is 4. The monoisotopic (exact) mass is 355 g/mol. The molecule has 1 aromatic carbocycles. The molecule has 0 spiro atoms. The second-order valence-corrected chi connectivity index (χ2v) is 7.55. The summed E-state index contributed by atoms with van der Waals surface area (Å²) < 4.78 is 0. The summed E-state index contributed by atoms with van der Waals surface area (Å²) in [5.74, 6) is 0.0870. The number of amides is 3. The maximum atomic E-state index is 13.1. The fourth-order valence-corrected chi connectivity index (χ4v) is 4.44. The van der Waals surface area contributed by atoms with Gasteiger partial charge in [-0.2, -0.15) is 0 Å². The lowest BCUT2D eigenvalue weighted by atomic mass is 9.93. The van der Waals surface area contributed by atoms with Crippen LogP contribution in [0.1, 0.15) is 54.9 Å². The van der Waals surface area contributed by atoms with Gasteiger partial charge in [-0.25, -0.2) is 0 Å². The normalized spacial score (nSPS) is 24.0. The van der Waals surface area contributed by atoms with Gasteiger partial charge in [0.25, 0.3) is 5.91 Å². The molecule has 3 aliphatic rings. The molecule has 1 atom stereocenters. The number of rotatable bonds is 3. The Balaban J connectivity index is 1.57. The van der Waals surface area contributed by atoms with Gasteiger partial charge in [-0.1, -0.05) is 25.5 Å². The van der Waals surface area contributed by atoms with Gasteiger partial charge in [0.1, 0.15) is 6.04 Å². The molecule has 0 saturated carbocycles. The minimum atomic E-state index is -0.550. The minimum absolute atomic E-state index is 0.0808. The Labute approximate surface area is 153 Å². The number of carbonyl (C=O) groups excluding carboxylic acids is 3. The van der Waals surface area contributed by atoms with E-state index in [9.17, 15) is 14.4 Å². The van der Waals surface area contributed by atoms with Crippen LogP contribution in [0.3, 0.4) is 0 Å². The van der Waals surface area contributed by atoms with Crippen LogP contribution in [0.4, 0.5) is 5.69 Å². The summed E-state index contributed by atoms with van der Waals surface area (Å²) in [5, 5.41) is 2.36. The molecular weight excluding hydrogens is 330 g/mol. The van der Waals surface area contributed by atoms with Gasteiger partial charge in [0.15, 0.2) is 0 Å². The number of piperidine rings is 2. The van der Waals surface area contributed by atoms with Crippen molar-refractivity contribution in [1.29, 1.82) is 0 Å². The maximum absolute atomic E-state index is 13.1. The molecule has 1 N–H and O–H groups in total. The minimum Gasteiger partial charge on any atom is -0.371 e. The lowest BCUT2D eigenvalue weighted by Gasteiger charge is -2.34.